The number of rotatable bonds is 5. The highest BCUT2D eigenvalue weighted by molar-refractivity contribution is 7.99. The predicted octanol–water partition coefficient (Wildman–Crippen LogP) is 1.13. The Balaban J connectivity index is 1.42. The highest BCUT2D eigenvalue weighted by Gasteiger charge is 2.33. The number of halogens is 2. The number of hydrogen-bond donors (Lipinski definition) is 2. The van der Waals surface area contributed by atoms with Crippen molar-refractivity contribution in [2.24, 2.45) is 5.92 Å². The molecule has 5 nitrogen and oxygen atoms in total. The number of amides is 2. The average Bonchev–Trinajstić information content (AvgIpc) is 3.23. The van der Waals surface area contributed by atoms with Crippen LogP contribution in [0.2, 0.25) is 0 Å². The SMILES string of the molecule is O=C(Cc1cc(F)cc(F)c1)NCC1CNC(C(=O)N2CCSC2)C1. The minimum atomic E-state index is -0.691. The van der Waals surface area contributed by atoms with Crippen LogP contribution in [0.25, 0.3) is 0 Å². The van der Waals surface area contributed by atoms with E-state index in [2.05, 4.69) is 10.6 Å². The van der Waals surface area contributed by atoms with Gasteiger partial charge in [0, 0.05) is 31.5 Å². The average molecular weight is 369 g/mol. The van der Waals surface area contributed by atoms with E-state index in [-0.39, 0.29) is 30.2 Å². The van der Waals surface area contributed by atoms with Gasteiger partial charge in [-0.3, -0.25) is 9.59 Å². The first kappa shape index (κ1) is 18.1. The summed E-state index contributed by atoms with van der Waals surface area (Å²) in [5.41, 5.74) is 0.305. The molecule has 2 unspecified atom stereocenters. The van der Waals surface area contributed by atoms with Gasteiger partial charge in [-0.25, -0.2) is 8.78 Å². The minimum Gasteiger partial charge on any atom is -0.355 e. The maximum Gasteiger partial charge on any atom is 0.240 e. The van der Waals surface area contributed by atoms with Crippen molar-refractivity contribution in [3.63, 3.8) is 0 Å². The lowest BCUT2D eigenvalue weighted by atomic mass is 10.0. The van der Waals surface area contributed by atoms with Crippen LogP contribution in [0.3, 0.4) is 0 Å². The molecular weight excluding hydrogens is 348 g/mol. The molecule has 1 aromatic rings. The van der Waals surface area contributed by atoms with Gasteiger partial charge < -0.3 is 15.5 Å². The summed E-state index contributed by atoms with van der Waals surface area (Å²) in [6, 6.07) is 2.91. The van der Waals surface area contributed by atoms with Crippen molar-refractivity contribution in [2.45, 2.75) is 18.9 Å². The van der Waals surface area contributed by atoms with E-state index in [1.54, 1.807) is 11.8 Å². The van der Waals surface area contributed by atoms with Crippen LogP contribution in [0.1, 0.15) is 12.0 Å². The maximum absolute atomic E-state index is 13.1. The summed E-state index contributed by atoms with van der Waals surface area (Å²) in [6.45, 7) is 1.92. The van der Waals surface area contributed by atoms with Gasteiger partial charge in [0.15, 0.2) is 0 Å². The molecule has 2 saturated heterocycles. The number of hydrogen-bond acceptors (Lipinski definition) is 4. The summed E-state index contributed by atoms with van der Waals surface area (Å²) in [4.78, 5) is 26.2. The van der Waals surface area contributed by atoms with Crippen LogP contribution in [0, 0.1) is 17.6 Å². The summed E-state index contributed by atoms with van der Waals surface area (Å²) >= 11 is 1.75. The van der Waals surface area contributed by atoms with E-state index in [1.807, 2.05) is 4.90 Å². The van der Waals surface area contributed by atoms with Crippen molar-refractivity contribution >= 4 is 23.6 Å². The third kappa shape index (κ3) is 4.92. The summed E-state index contributed by atoms with van der Waals surface area (Å²) in [5.74, 6) is 0.386. The number of thioether (sulfide) groups is 1. The molecule has 1 aromatic carbocycles. The highest BCUT2D eigenvalue weighted by Crippen LogP contribution is 2.20. The Morgan fingerprint density at radius 3 is 2.72 bits per heavy atom. The normalized spacial score (nSPS) is 23.0. The predicted molar refractivity (Wildman–Crippen MR) is 92.0 cm³/mol. The van der Waals surface area contributed by atoms with Gasteiger partial charge in [-0.15, -0.1) is 11.8 Å². The molecule has 0 aromatic heterocycles. The molecule has 25 heavy (non-hydrogen) atoms. The Labute approximate surface area is 149 Å². The monoisotopic (exact) mass is 369 g/mol. The quantitative estimate of drug-likeness (QED) is 0.817. The molecule has 0 radical (unpaired) electrons. The second-order valence-electron chi connectivity index (χ2n) is 6.46. The van der Waals surface area contributed by atoms with Gasteiger partial charge >= 0.3 is 0 Å². The maximum atomic E-state index is 13.1. The molecule has 2 aliphatic rings. The molecule has 8 heteroatoms. The molecule has 3 rings (SSSR count). The fourth-order valence-electron chi connectivity index (χ4n) is 3.18. The molecule has 2 amide bonds. The molecule has 0 saturated carbocycles. The van der Waals surface area contributed by atoms with E-state index >= 15 is 0 Å². The van der Waals surface area contributed by atoms with Gasteiger partial charge in [-0.2, -0.15) is 0 Å². The van der Waals surface area contributed by atoms with Crippen LogP contribution in [0.5, 0.6) is 0 Å². The fraction of sp³-hybridized carbons (Fsp3) is 0.529. The fourth-order valence-corrected chi connectivity index (χ4v) is 4.14. The zero-order valence-electron chi connectivity index (χ0n) is 13.8. The Kier molecular flexibility index (Phi) is 5.90. The van der Waals surface area contributed by atoms with E-state index in [1.165, 1.54) is 0 Å². The van der Waals surface area contributed by atoms with Crippen LogP contribution in [0.4, 0.5) is 8.78 Å². The molecule has 2 heterocycles. The molecule has 2 atom stereocenters. The lowest BCUT2D eigenvalue weighted by Crippen LogP contribution is -2.42. The van der Waals surface area contributed by atoms with Crippen LogP contribution in [-0.4, -0.2) is 54.0 Å². The number of carbonyl (C=O) groups is 2. The van der Waals surface area contributed by atoms with E-state index in [4.69, 9.17) is 0 Å². The summed E-state index contributed by atoms with van der Waals surface area (Å²) in [7, 11) is 0. The Morgan fingerprint density at radius 2 is 2.04 bits per heavy atom. The van der Waals surface area contributed by atoms with E-state index in [0.29, 0.717) is 25.1 Å². The summed E-state index contributed by atoms with van der Waals surface area (Å²) in [6.07, 6.45) is 0.622. The van der Waals surface area contributed by atoms with Gasteiger partial charge in [0.25, 0.3) is 0 Å². The molecule has 2 aliphatic heterocycles. The lowest BCUT2D eigenvalue weighted by Gasteiger charge is -2.19. The van der Waals surface area contributed by atoms with Crippen molar-refractivity contribution in [2.75, 3.05) is 31.3 Å². The van der Waals surface area contributed by atoms with Crippen molar-refractivity contribution < 1.29 is 18.4 Å². The van der Waals surface area contributed by atoms with Gasteiger partial charge in [0.2, 0.25) is 11.8 Å². The Hall–Kier alpha value is -1.67. The number of carbonyl (C=O) groups excluding carboxylic acids is 2. The third-order valence-electron chi connectivity index (χ3n) is 4.46. The van der Waals surface area contributed by atoms with Crippen LogP contribution in [0.15, 0.2) is 18.2 Å². The minimum absolute atomic E-state index is 0.0673. The molecular formula is C17H21F2N3O2S. The van der Waals surface area contributed by atoms with Crippen molar-refractivity contribution in [1.82, 2.24) is 15.5 Å². The van der Waals surface area contributed by atoms with Gasteiger partial charge in [0.1, 0.15) is 11.6 Å². The molecule has 0 aliphatic carbocycles. The van der Waals surface area contributed by atoms with Gasteiger partial charge in [-0.05, 0) is 30.0 Å². The molecule has 2 fully saturated rings. The Bertz CT molecular complexity index is 633. The second kappa shape index (κ2) is 8.14. The topological polar surface area (TPSA) is 61.4 Å². The number of benzene rings is 1. The Morgan fingerprint density at radius 1 is 1.28 bits per heavy atom. The van der Waals surface area contributed by atoms with Crippen molar-refractivity contribution in [3.05, 3.63) is 35.4 Å². The zero-order valence-corrected chi connectivity index (χ0v) is 14.6. The van der Waals surface area contributed by atoms with Crippen molar-refractivity contribution in [3.8, 4) is 0 Å². The number of nitrogens with zero attached hydrogens (tertiary/aromatic N) is 1. The third-order valence-corrected chi connectivity index (χ3v) is 5.42. The van der Waals surface area contributed by atoms with Crippen LogP contribution >= 0.6 is 11.8 Å². The number of nitrogens with one attached hydrogen (secondary N) is 2. The summed E-state index contributed by atoms with van der Waals surface area (Å²) < 4.78 is 26.3. The first-order valence-corrected chi connectivity index (χ1v) is 9.48. The molecule has 2 N–H and O–H groups in total. The van der Waals surface area contributed by atoms with Crippen molar-refractivity contribution in [1.29, 1.82) is 0 Å². The van der Waals surface area contributed by atoms with E-state index in [0.717, 1.165) is 36.4 Å². The zero-order chi connectivity index (χ0) is 17.8. The van der Waals surface area contributed by atoms with Gasteiger partial charge in [-0.1, -0.05) is 0 Å². The van der Waals surface area contributed by atoms with Gasteiger partial charge in [0.05, 0.1) is 18.3 Å². The smallest absolute Gasteiger partial charge is 0.240 e. The van der Waals surface area contributed by atoms with Crippen LogP contribution in [-0.2, 0) is 16.0 Å². The van der Waals surface area contributed by atoms with E-state index in [9.17, 15) is 18.4 Å². The van der Waals surface area contributed by atoms with Crippen LogP contribution < -0.4 is 10.6 Å². The van der Waals surface area contributed by atoms with E-state index < -0.39 is 11.6 Å². The second-order valence-corrected chi connectivity index (χ2v) is 7.53. The lowest BCUT2D eigenvalue weighted by molar-refractivity contribution is -0.131. The molecule has 0 spiro atoms. The first-order chi connectivity index (χ1) is 12.0. The molecule has 0 bridgehead atoms. The standard InChI is InChI=1S/C17H21F2N3O2S/c18-13-3-11(4-14(19)7-13)6-16(23)21-9-12-5-15(20-8-12)17(24)22-1-2-25-10-22/h3-4,7,12,15,20H,1-2,5-6,8-10H2,(H,21,23). The first-order valence-electron chi connectivity index (χ1n) is 8.33. The summed E-state index contributed by atoms with van der Waals surface area (Å²) in [5, 5.41) is 6.01. The highest BCUT2D eigenvalue weighted by atomic mass is 32.2. The largest absolute Gasteiger partial charge is 0.355 e. The molecule has 136 valence electrons.